The van der Waals surface area contributed by atoms with Crippen LogP contribution in [0.2, 0.25) is 0 Å². The van der Waals surface area contributed by atoms with E-state index in [1.54, 1.807) is 18.0 Å². The van der Waals surface area contributed by atoms with Crippen LogP contribution in [0.5, 0.6) is 0 Å². The molecule has 0 aliphatic carbocycles. The van der Waals surface area contributed by atoms with Gasteiger partial charge in [0.15, 0.2) is 5.17 Å². The number of hydrogen-bond acceptors (Lipinski definition) is 4. The number of fused-ring (bicyclic) bond motifs is 1. The van der Waals surface area contributed by atoms with Crippen molar-refractivity contribution in [2.24, 2.45) is 4.99 Å². The lowest BCUT2D eigenvalue weighted by Crippen LogP contribution is -2.27. The molecule has 0 fully saturated rings. The molecule has 0 amide bonds. The quantitative estimate of drug-likeness (QED) is 0.717. The highest BCUT2D eigenvalue weighted by atomic mass is 32.2. The Bertz CT molecular complexity index is 908. The number of nitrogens with zero attached hydrogens (tertiary/aromatic N) is 1. The van der Waals surface area contributed by atoms with Gasteiger partial charge in [0, 0.05) is 11.1 Å². The van der Waals surface area contributed by atoms with Gasteiger partial charge in [-0.3, -0.25) is 4.99 Å². The number of hydrogen-bond donors (Lipinski definition) is 1. The van der Waals surface area contributed by atoms with Gasteiger partial charge in [0.1, 0.15) is 5.58 Å². The van der Waals surface area contributed by atoms with Crippen LogP contribution in [-0.4, -0.2) is 17.5 Å². The first-order valence-electron chi connectivity index (χ1n) is 8.66. The summed E-state index contributed by atoms with van der Waals surface area (Å²) in [6.07, 6.45) is 2.69. The van der Waals surface area contributed by atoms with Crippen molar-refractivity contribution in [1.29, 1.82) is 0 Å². The topological polar surface area (TPSA) is 37.5 Å². The molecule has 128 valence electrons. The Balaban J connectivity index is 1.72. The average molecular weight is 350 g/mol. The monoisotopic (exact) mass is 350 g/mol. The van der Waals surface area contributed by atoms with Crippen molar-refractivity contribution in [1.82, 2.24) is 5.32 Å². The predicted molar refractivity (Wildman–Crippen MR) is 106 cm³/mol. The second kappa shape index (κ2) is 6.96. The SMILES string of the molecule is Cc1cc(C)cc(CC(NC2=NCCS2)c2cccc3occc23)c1. The first-order chi connectivity index (χ1) is 12.2. The molecule has 0 spiro atoms. The van der Waals surface area contributed by atoms with Crippen LogP contribution in [0.25, 0.3) is 11.0 Å². The number of thioether (sulfide) groups is 1. The molecule has 25 heavy (non-hydrogen) atoms. The average Bonchev–Trinajstić information content (AvgIpc) is 3.24. The number of aliphatic imine (C=N–C) groups is 1. The van der Waals surface area contributed by atoms with Gasteiger partial charge < -0.3 is 9.73 Å². The maximum absolute atomic E-state index is 5.60. The van der Waals surface area contributed by atoms with Crippen LogP contribution in [0.4, 0.5) is 0 Å². The van der Waals surface area contributed by atoms with E-state index in [2.05, 4.69) is 60.6 Å². The van der Waals surface area contributed by atoms with Crippen molar-refractivity contribution in [3.05, 3.63) is 71.0 Å². The molecule has 1 unspecified atom stereocenters. The van der Waals surface area contributed by atoms with E-state index in [0.717, 1.165) is 29.5 Å². The molecule has 4 heteroatoms. The van der Waals surface area contributed by atoms with Gasteiger partial charge in [-0.2, -0.15) is 0 Å². The standard InChI is InChI=1S/C21H22N2OS/c1-14-10-15(2)12-16(11-14)13-19(23-21-22-7-9-25-21)17-4-3-5-20-18(17)6-8-24-20/h3-6,8,10-12,19H,7,9,13H2,1-2H3,(H,22,23). The number of benzene rings is 2. The Morgan fingerprint density at radius 3 is 2.76 bits per heavy atom. The predicted octanol–water partition coefficient (Wildman–Crippen LogP) is 5.03. The first kappa shape index (κ1) is 16.3. The van der Waals surface area contributed by atoms with E-state index in [1.165, 1.54) is 27.6 Å². The molecule has 4 rings (SSSR count). The Hall–Kier alpha value is -2.20. The van der Waals surface area contributed by atoms with Gasteiger partial charge in [0.2, 0.25) is 0 Å². The molecular weight excluding hydrogens is 328 g/mol. The fraction of sp³-hybridized carbons (Fsp3) is 0.286. The van der Waals surface area contributed by atoms with E-state index < -0.39 is 0 Å². The summed E-state index contributed by atoms with van der Waals surface area (Å²) in [6, 6.07) is 15.3. The highest BCUT2D eigenvalue weighted by Gasteiger charge is 2.19. The molecule has 1 atom stereocenters. The molecular formula is C21H22N2OS. The van der Waals surface area contributed by atoms with E-state index in [1.807, 2.05) is 6.07 Å². The largest absolute Gasteiger partial charge is 0.464 e. The molecule has 3 aromatic rings. The minimum absolute atomic E-state index is 0.173. The highest BCUT2D eigenvalue weighted by Crippen LogP contribution is 2.29. The van der Waals surface area contributed by atoms with Gasteiger partial charge in [-0.1, -0.05) is 53.2 Å². The Kier molecular flexibility index (Phi) is 4.53. The smallest absolute Gasteiger partial charge is 0.157 e. The lowest BCUT2D eigenvalue weighted by atomic mass is 9.94. The zero-order valence-corrected chi connectivity index (χ0v) is 15.4. The van der Waals surface area contributed by atoms with E-state index in [4.69, 9.17) is 4.42 Å². The van der Waals surface area contributed by atoms with Crippen LogP contribution in [0.3, 0.4) is 0 Å². The van der Waals surface area contributed by atoms with Crippen molar-refractivity contribution in [3.8, 4) is 0 Å². The second-order valence-corrected chi connectivity index (χ2v) is 7.70. The zero-order chi connectivity index (χ0) is 17.2. The van der Waals surface area contributed by atoms with Gasteiger partial charge >= 0.3 is 0 Å². The molecule has 0 saturated carbocycles. The second-order valence-electron chi connectivity index (χ2n) is 6.61. The number of furan rings is 1. The number of aryl methyl sites for hydroxylation is 2. The van der Waals surface area contributed by atoms with Crippen molar-refractivity contribution in [2.75, 3.05) is 12.3 Å². The van der Waals surface area contributed by atoms with E-state index in [0.29, 0.717) is 0 Å². The van der Waals surface area contributed by atoms with Gasteiger partial charge in [-0.25, -0.2) is 0 Å². The fourth-order valence-corrected chi connectivity index (χ4v) is 4.34. The lowest BCUT2D eigenvalue weighted by molar-refractivity contribution is 0.614. The Morgan fingerprint density at radius 2 is 2.00 bits per heavy atom. The summed E-state index contributed by atoms with van der Waals surface area (Å²) in [4.78, 5) is 4.59. The Morgan fingerprint density at radius 1 is 1.16 bits per heavy atom. The van der Waals surface area contributed by atoms with Gasteiger partial charge in [0.25, 0.3) is 0 Å². The van der Waals surface area contributed by atoms with Crippen molar-refractivity contribution in [2.45, 2.75) is 26.3 Å². The van der Waals surface area contributed by atoms with Crippen molar-refractivity contribution in [3.63, 3.8) is 0 Å². The van der Waals surface area contributed by atoms with E-state index in [9.17, 15) is 0 Å². The molecule has 0 radical (unpaired) electrons. The zero-order valence-electron chi connectivity index (χ0n) is 14.6. The lowest BCUT2D eigenvalue weighted by Gasteiger charge is -2.21. The molecule has 1 aliphatic heterocycles. The Labute approximate surface area is 152 Å². The summed E-state index contributed by atoms with van der Waals surface area (Å²) in [6.45, 7) is 5.22. The first-order valence-corrected chi connectivity index (χ1v) is 9.65. The number of nitrogens with one attached hydrogen (secondary N) is 1. The van der Waals surface area contributed by atoms with Gasteiger partial charge in [0.05, 0.1) is 18.8 Å². The maximum atomic E-state index is 5.60. The maximum Gasteiger partial charge on any atom is 0.157 e. The van der Waals surface area contributed by atoms with E-state index >= 15 is 0 Å². The number of amidine groups is 1. The van der Waals surface area contributed by atoms with Crippen LogP contribution in [0, 0.1) is 13.8 Å². The van der Waals surface area contributed by atoms with Crippen LogP contribution in [-0.2, 0) is 6.42 Å². The summed E-state index contributed by atoms with van der Waals surface area (Å²) in [5.74, 6) is 1.06. The fourth-order valence-electron chi connectivity index (χ4n) is 3.55. The van der Waals surface area contributed by atoms with E-state index in [-0.39, 0.29) is 6.04 Å². The third-order valence-corrected chi connectivity index (χ3v) is 5.42. The molecule has 3 nitrogen and oxygen atoms in total. The van der Waals surface area contributed by atoms with Crippen LogP contribution in [0.1, 0.15) is 28.3 Å². The summed E-state index contributed by atoms with van der Waals surface area (Å²) < 4.78 is 5.60. The third-order valence-electron chi connectivity index (χ3n) is 4.51. The molecule has 1 aliphatic rings. The number of rotatable bonds is 4. The third kappa shape index (κ3) is 3.59. The van der Waals surface area contributed by atoms with Crippen molar-refractivity contribution < 1.29 is 4.42 Å². The van der Waals surface area contributed by atoms with Gasteiger partial charge in [-0.15, -0.1) is 0 Å². The molecule has 1 N–H and O–H groups in total. The molecule has 2 heterocycles. The summed E-state index contributed by atoms with van der Waals surface area (Å²) in [7, 11) is 0. The normalized spacial score (nSPS) is 15.4. The summed E-state index contributed by atoms with van der Waals surface area (Å²) >= 11 is 1.81. The van der Waals surface area contributed by atoms with Crippen LogP contribution in [0.15, 0.2) is 58.1 Å². The summed E-state index contributed by atoms with van der Waals surface area (Å²) in [5.41, 5.74) is 6.16. The van der Waals surface area contributed by atoms with Crippen LogP contribution < -0.4 is 5.32 Å². The van der Waals surface area contributed by atoms with Crippen LogP contribution >= 0.6 is 11.8 Å². The highest BCUT2D eigenvalue weighted by molar-refractivity contribution is 8.14. The molecule has 0 saturated heterocycles. The summed E-state index contributed by atoms with van der Waals surface area (Å²) in [5, 5.41) is 5.90. The molecule has 2 aromatic carbocycles. The molecule has 1 aromatic heterocycles. The molecule has 0 bridgehead atoms. The minimum atomic E-state index is 0.173. The minimum Gasteiger partial charge on any atom is -0.464 e. The van der Waals surface area contributed by atoms with Crippen molar-refractivity contribution >= 4 is 27.9 Å². The van der Waals surface area contributed by atoms with Gasteiger partial charge in [-0.05, 0) is 43.5 Å².